The normalized spacial score (nSPS) is 21.8. The lowest BCUT2D eigenvalue weighted by atomic mass is 9.94. The molecule has 0 unspecified atom stereocenters. The topological polar surface area (TPSA) is 201 Å². The first-order chi connectivity index (χ1) is 18.3. The van der Waals surface area contributed by atoms with E-state index in [0.717, 1.165) is 58.3 Å². The summed E-state index contributed by atoms with van der Waals surface area (Å²) in [6, 6.07) is 3.67. The zero-order valence-corrected chi connectivity index (χ0v) is 21.9. The van der Waals surface area contributed by atoms with Gasteiger partial charge in [-0.2, -0.15) is 0 Å². The molecule has 1 fully saturated rings. The molecule has 0 aliphatic carbocycles. The summed E-state index contributed by atoms with van der Waals surface area (Å²) in [5, 5.41) is 57.8. The molecule has 4 atom stereocenters. The lowest BCUT2D eigenvalue weighted by molar-refractivity contribution is -0.383. The van der Waals surface area contributed by atoms with Crippen LogP contribution in [0.2, 0.25) is 0 Å². The molecule has 5 N–H and O–H groups in total. The van der Waals surface area contributed by atoms with Crippen LogP contribution in [0.15, 0.2) is 23.3 Å². The minimum Gasteiger partial charge on any atom is -0.395 e. The van der Waals surface area contributed by atoms with E-state index in [-0.39, 0.29) is 24.5 Å². The lowest BCUT2D eigenvalue weighted by Crippen LogP contribution is -2.62. The van der Waals surface area contributed by atoms with Crippen LogP contribution in [0.3, 0.4) is 0 Å². The molecule has 0 aromatic heterocycles. The third-order valence-corrected chi connectivity index (χ3v) is 6.76. The van der Waals surface area contributed by atoms with Gasteiger partial charge in [-0.25, -0.2) is 0 Å². The molecule has 1 heterocycles. The second-order valence-corrected chi connectivity index (χ2v) is 9.47. The highest BCUT2D eigenvalue weighted by atomic mass is 16.6. The Kier molecular flexibility index (Phi) is 14.3. The first-order valence-corrected chi connectivity index (χ1v) is 13.0. The van der Waals surface area contributed by atoms with Gasteiger partial charge >= 0.3 is 0 Å². The zero-order valence-electron chi connectivity index (χ0n) is 21.9. The second-order valence-electron chi connectivity index (χ2n) is 9.47. The number of hydrogen-bond acceptors (Lipinski definition) is 11. The Morgan fingerprint density at radius 2 is 1.92 bits per heavy atom. The van der Waals surface area contributed by atoms with Crippen molar-refractivity contribution in [3.63, 3.8) is 0 Å². The maximum Gasteiger partial charge on any atom is 0.292 e. The number of aliphatic hydroxyl groups excluding tert-OH is 4. The standard InChI is InChI=1S/C24H41N7O7/c1-38-14-4-2-3-10-29(12-6-13-30-16-22(33)24(35)23(34)21(30)17-32)11-5-9-26-19-8-7-18(27-28-25)15-20(19)31(36)37/h7-8,15,21-24,26,32-35H,2-6,9-14,16-17H2,1H3/t21-,22+,23-,24-/m1/s1. The van der Waals surface area contributed by atoms with Crippen molar-refractivity contribution in [2.45, 2.75) is 56.5 Å². The molecule has 0 spiro atoms. The average molecular weight is 540 g/mol. The summed E-state index contributed by atoms with van der Waals surface area (Å²) in [4.78, 5) is 17.7. The number of azide groups is 1. The van der Waals surface area contributed by atoms with Crippen LogP contribution in [0.4, 0.5) is 17.1 Å². The molecule has 14 nitrogen and oxygen atoms in total. The molecule has 1 aliphatic rings. The number of nitro benzene ring substituents is 1. The minimum absolute atomic E-state index is 0.153. The molecule has 1 saturated heterocycles. The Hall–Kier alpha value is -2.55. The smallest absolute Gasteiger partial charge is 0.292 e. The molecule has 0 bridgehead atoms. The molecule has 38 heavy (non-hydrogen) atoms. The van der Waals surface area contributed by atoms with E-state index in [9.17, 15) is 30.5 Å². The highest BCUT2D eigenvalue weighted by Crippen LogP contribution is 2.29. The third kappa shape index (κ3) is 9.97. The minimum atomic E-state index is -1.27. The highest BCUT2D eigenvalue weighted by Gasteiger charge is 2.40. The second kappa shape index (κ2) is 17.1. The maximum absolute atomic E-state index is 11.4. The van der Waals surface area contributed by atoms with E-state index in [1.165, 1.54) is 18.2 Å². The summed E-state index contributed by atoms with van der Waals surface area (Å²) in [5.41, 5.74) is 8.94. The van der Waals surface area contributed by atoms with E-state index in [4.69, 9.17) is 10.3 Å². The van der Waals surface area contributed by atoms with Gasteiger partial charge < -0.3 is 35.4 Å². The number of aliphatic hydroxyl groups is 4. The van der Waals surface area contributed by atoms with Crippen molar-refractivity contribution in [2.75, 3.05) is 64.9 Å². The van der Waals surface area contributed by atoms with Crippen LogP contribution in [0.5, 0.6) is 0 Å². The van der Waals surface area contributed by atoms with Crippen LogP contribution < -0.4 is 5.32 Å². The van der Waals surface area contributed by atoms with E-state index in [1.807, 2.05) is 4.90 Å². The van der Waals surface area contributed by atoms with Crippen LogP contribution >= 0.6 is 0 Å². The Labute approximate surface area is 222 Å². The summed E-state index contributed by atoms with van der Waals surface area (Å²) in [6.07, 6.45) is 0.925. The van der Waals surface area contributed by atoms with Crippen molar-refractivity contribution in [2.24, 2.45) is 5.11 Å². The van der Waals surface area contributed by atoms with Crippen LogP contribution in [0.1, 0.15) is 32.1 Å². The number of benzene rings is 1. The van der Waals surface area contributed by atoms with Gasteiger partial charge in [0.25, 0.3) is 5.69 Å². The quantitative estimate of drug-likeness (QED) is 0.0455. The van der Waals surface area contributed by atoms with E-state index in [2.05, 4.69) is 20.2 Å². The fourth-order valence-corrected chi connectivity index (χ4v) is 4.69. The number of rotatable bonds is 18. The van der Waals surface area contributed by atoms with Gasteiger partial charge in [0.15, 0.2) is 0 Å². The SMILES string of the molecule is COCCCCCN(CCCNc1ccc(N=[N+]=[N-])cc1[N+](=O)[O-])CCCN1C[C@H](O)[C@@H](O)[C@H](O)[C@H]1CO. The van der Waals surface area contributed by atoms with Crippen LogP contribution in [-0.2, 0) is 4.74 Å². The number of β-amino-alcohol motifs (C(OH)–C–C–N with tert-alkyl or cyclic N) is 1. The van der Waals surface area contributed by atoms with Crippen LogP contribution in [0, 0.1) is 10.1 Å². The fraction of sp³-hybridized carbons (Fsp3) is 0.750. The predicted molar refractivity (Wildman–Crippen MR) is 142 cm³/mol. The van der Waals surface area contributed by atoms with Crippen molar-refractivity contribution in [3.05, 3.63) is 38.8 Å². The molecule has 1 aliphatic heterocycles. The summed E-state index contributed by atoms with van der Waals surface area (Å²) >= 11 is 0. The van der Waals surface area contributed by atoms with Gasteiger partial charge in [0.2, 0.25) is 0 Å². The number of ether oxygens (including phenoxy) is 1. The number of anilines is 1. The van der Waals surface area contributed by atoms with E-state index < -0.39 is 29.3 Å². The number of piperidine rings is 1. The summed E-state index contributed by atoms with van der Waals surface area (Å²) < 4.78 is 5.12. The van der Waals surface area contributed by atoms with E-state index in [1.54, 1.807) is 7.11 Å². The zero-order chi connectivity index (χ0) is 27.9. The van der Waals surface area contributed by atoms with E-state index >= 15 is 0 Å². The molecule has 0 radical (unpaired) electrons. The third-order valence-electron chi connectivity index (χ3n) is 6.76. The number of nitrogens with one attached hydrogen (secondary N) is 1. The molecule has 14 heteroatoms. The Morgan fingerprint density at radius 1 is 1.18 bits per heavy atom. The predicted octanol–water partition coefficient (Wildman–Crippen LogP) is 1.61. The number of likely N-dealkylation sites (tertiary alicyclic amines) is 1. The van der Waals surface area contributed by atoms with Crippen molar-refractivity contribution in [3.8, 4) is 0 Å². The molecule has 214 valence electrons. The van der Waals surface area contributed by atoms with Gasteiger partial charge in [-0.15, -0.1) is 0 Å². The Morgan fingerprint density at radius 3 is 2.61 bits per heavy atom. The number of unbranched alkanes of at least 4 members (excludes halogenated alkanes) is 2. The number of nitrogens with zero attached hydrogens (tertiary/aromatic N) is 6. The van der Waals surface area contributed by atoms with Crippen molar-refractivity contribution in [1.29, 1.82) is 0 Å². The number of methoxy groups -OCH3 is 1. The Balaban J connectivity index is 1.89. The van der Waals surface area contributed by atoms with Gasteiger partial charge in [0.1, 0.15) is 17.9 Å². The van der Waals surface area contributed by atoms with Gasteiger partial charge in [0.05, 0.1) is 23.7 Å². The molecule has 1 aromatic rings. The first-order valence-electron chi connectivity index (χ1n) is 13.0. The fourth-order valence-electron chi connectivity index (χ4n) is 4.69. The summed E-state index contributed by atoms with van der Waals surface area (Å²) in [7, 11) is 1.68. The number of hydrogen-bond donors (Lipinski definition) is 5. The van der Waals surface area contributed by atoms with Crippen molar-refractivity contribution in [1.82, 2.24) is 9.80 Å². The van der Waals surface area contributed by atoms with Crippen LogP contribution in [0.25, 0.3) is 10.4 Å². The van der Waals surface area contributed by atoms with Gasteiger partial charge in [0, 0.05) is 43.5 Å². The molecule has 2 rings (SSSR count). The van der Waals surface area contributed by atoms with Crippen molar-refractivity contribution >= 4 is 17.1 Å². The van der Waals surface area contributed by atoms with Crippen molar-refractivity contribution < 1.29 is 30.1 Å². The molecule has 0 amide bonds. The summed E-state index contributed by atoms with van der Waals surface area (Å²) in [5.74, 6) is 0. The maximum atomic E-state index is 11.4. The highest BCUT2D eigenvalue weighted by molar-refractivity contribution is 5.66. The van der Waals surface area contributed by atoms with E-state index in [0.29, 0.717) is 18.8 Å². The van der Waals surface area contributed by atoms with Gasteiger partial charge in [-0.05, 0) is 69.9 Å². The monoisotopic (exact) mass is 539 g/mol. The molecular weight excluding hydrogens is 498 g/mol. The molecule has 0 saturated carbocycles. The molecule has 1 aromatic carbocycles. The first kappa shape index (κ1) is 31.7. The largest absolute Gasteiger partial charge is 0.395 e. The average Bonchev–Trinajstić information content (AvgIpc) is 2.90. The number of nitro groups is 1. The Bertz CT molecular complexity index is 903. The molecular formula is C24H41N7O7. The van der Waals surface area contributed by atoms with Gasteiger partial charge in [-0.1, -0.05) is 11.2 Å². The lowest BCUT2D eigenvalue weighted by Gasteiger charge is -2.43. The van der Waals surface area contributed by atoms with Crippen LogP contribution in [-0.4, -0.2) is 119 Å². The summed E-state index contributed by atoms with van der Waals surface area (Å²) in [6.45, 7) is 4.04. The van der Waals surface area contributed by atoms with Gasteiger partial charge in [-0.3, -0.25) is 15.0 Å².